The molecule has 0 spiro atoms. The summed E-state index contributed by atoms with van der Waals surface area (Å²) in [6.45, 7) is 2.81. The van der Waals surface area contributed by atoms with Crippen LogP contribution in [0.4, 0.5) is 5.69 Å². The number of hydrogen-bond donors (Lipinski definition) is 0. The second-order valence-corrected chi connectivity index (χ2v) is 8.80. The van der Waals surface area contributed by atoms with Gasteiger partial charge in [0.05, 0.1) is 5.88 Å². The molecule has 0 aliphatic carbocycles. The third kappa shape index (κ3) is 4.82. The van der Waals surface area contributed by atoms with Crippen molar-refractivity contribution in [3.63, 3.8) is 0 Å². The molecule has 30 heavy (non-hydrogen) atoms. The van der Waals surface area contributed by atoms with Gasteiger partial charge in [-0.15, -0.1) is 11.8 Å². The first-order valence-corrected chi connectivity index (χ1v) is 11.6. The monoisotopic (exact) mass is 441 g/mol. The predicted octanol–water partition coefficient (Wildman–Crippen LogP) is 3.60. The lowest BCUT2D eigenvalue weighted by atomic mass is 10.2. The number of carbonyl (C=O) groups is 2. The maximum atomic E-state index is 13.1. The number of piperazine rings is 1. The van der Waals surface area contributed by atoms with E-state index in [2.05, 4.69) is 4.90 Å². The molecule has 0 N–H and O–H groups in total. The molecule has 1 atom stereocenters. The zero-order valence-corrected chi connectivity index (χ0v) is 18.2. The van der Waals surface area contributed by atoms with Crippen molar-refractivity contribution in [2.75, 3.05) is 42.7 Å². The average molecular weight is 442 g/mol. The highest BCUT2D eigenvalue weighted by Crippen LogP contribution is 2.25. The molecule has 0 aromatic heterocycles. The van der Waals surface area contributed by atoms with Crippen molar-refractivity contribution < 1.29 is 9.59 Å². The van der Waals surface area contributed by atoms with E-state index in [0.717, 1.165) is 24.3 Å². The fraction of sp³-hybridized carbons (Fsp3) is 0.304. The van der Waals surface area contributed by atoms with Crippen LogP contribution in [0.3, 0.4) is 0 Å². The van der Waals surface area contributed by atoms with Gasteiger partial charge in [0.1, 0.15) is 6.04 Å². The Morgan fingerprint density at radius 2 is 1.77 bits per heavy atom. The maximum absolute atomic E-state index is 13.1. The normalized spacial score (nSPS) is 19.5. The lowest BCUT2D eigenvalue weighted by Crippen LogP contribution is -2.55. The molecular formula is C23H24ClN3O2S. The molecule has 0 saturated carbocycles. The largest absolute Gasteiger partial charge is 0.368 e. The fourth-order valence-electron chi connectivity index (χ4n) is 3.76. The Morgan fingerprint density at radius 3 is 2.50 bits per heavy atom. The van der Waals surface area contributed by atoms with Gasteiger partial charge in [-0.1, -0.05) is 48.0 Å². The van der Waals surface area contributed by atoms with E-state index < -0.39 is 0 Å². The van der Waals surface area contributed by atoms with Crippen LogP contribution in [-0.2, 0) is 9.59 Å². The van der Waals surface area contributed by atoms with Crippen molar-refractivity contribution in [3.8, 4) is 0 Å². The molecule has 1 unspecified atom stereocenters. The number of rotatable bonds is 4. The third-order valence-electron chi connectivity index (χ3n) is 5.43. The van der Waals surface area contributed by atoms with E-state index in [1.807, 2.05) is 59.5 Å². The van der Waals surface area contributed by atoms with Gasteiger partial charge in [-0.05, 0) is 29.8 Å². The van der Waals surface area contributed by atoms with Gasteiger partial charge < -0.3 is 14.7 Å². The molecule has 2 saturated heterocycles. The number of carbonyl (C=O) groups excluding carboxylic acids is 2. The van der Waals surface area contributed by atoms with Crippen LogP contribution < -0.4 is 4.90 Å². The maximum Gasteiger partial charge on any atom is 0.247 e. The number of anilines is 1. The van der Waals surface area contributed by atoms with E-state index in [0.29, 0.717) is 29.7 Å². The van der Waals surface area contributed by atoms with E-state index >= 15 is 0 Å². The Balaban J connectivity index is 1.36. The quantitative estimate of drug-likeness (QED) is 0.680. The molecule has 156 valence electrons. The Labute approximate surface area is 186 Å². The number of thioether (sulfide) groups is 1. The minimum absolute atomic E-state index is 0.0483. The SMILES string of the molecule is O=C(C1CSCN1C(=O)/C=C/c1ccccc1)N1CCN(c2cccc(Cl)c2)CC1. The molecule has 7 heteroatoms. The molecule has 2 fully saturated rings. The van der Waals surface area contributed by atoms with Gasteiger partial charge in [0.25, 0.3) is 0 Å². The number of amides is 2. The lowest BCUT2D eigenvalue weighted by molar-refractivity contribution is -0.141. The smallest absolute Gasteiger partial charge is 0.247 e. The van der Waals surface area contributed by atoms with Gasteiger partial charge in [-0.25, -0.2) is 0 Å². The van der Waals surface area contributed by atoms with Crippen molar-refractivity contribution >= 4 is 46.9 Å². The molecule has 0 bridgehead atoms. The van der Waals surface area contributed by atoms with Crippen LogP contribution in [0.2, 0.25) is 5.02 Å². The summed E-state index contributed by atoms with van der Waals surface area (Å²) < 4.78 is 0. The fourth-order valence-corrected chi connectivity index (χ4v) is 5.10. The summed E-state index contributed by atoms with van der Waals surface area (Å²) in [5, 5.41) is 0.715. The van der Waals surface area contributed by atoms with Crippen molar-refractivity contribution in [1.82, 2.24) is 9.80 Å². The van der Waals surface area contributed by atoms with Crippen molar-refractivity contribution in [2.24, 2.45) is 0 Å². The zero-order valence-electron chi connectivity index (χ0n) is 16.6. The molecule has 2 amide bonds. The molecule has 2 heterocycles. The Morgan fingerprint density at radius 1 is 1.00 bits per heavy atom. The highest BCUT2D eigenvalue weighted by Gasteiger charge is 2.37. The first-order valence-electron chi connectivity index (χ1n) is 10.0. The van der Waals surface area contributed by atoms with Crippen LogP contribution in [0.1, 0.15) is 5.56 Å². The Hall–Kier alpha value is -2.44. The van der Waals surface area contributed by atoms with Gasteiger partial charge >= 0.3 is 0 Å². The van der Waals surface area contributed by atoms with Gasteiger partial charge in [-0.3, -0.25) is 9.59 Å². The first kappa shape index (κ1) is 20.8. The molecule has 2 aliphatic rings. The summed E-state index contributed by atoms with van der Waals surface area (Å²) in [6.07, 6.45) is 3.37. The summed E-state index contributed by atoms with van der Waals surface area (Å²) >= 11 is 7.73. The number of hydrogen-bond acceptors (Lipinski definition) is 4. The van der Waals surface area contributed by atoms with E-state index in [9.17, 15) is 9.59 Å². The summed E-state index contributed by atoms with van der Waals surface area (Å²) in [7, 11) is 0. The highest BCUT2D eigenvalue weighted by molar-refractivity contribution is 7.99. The standard InChI is InChI=1S/C23H24ClN3O2S/c24-19-7-4-8-20(15-19)25-11-13-26(14-12-25)23(29)21-16-30-17-27(21)22(28)10-9-18-5-2-1-3-6-18/h1-10,15,21H,11-14,16-17H2/b10-9+. The molecule has 2 aliphatic heterocycles. The van der Waals surface area contributed by atoms with Gasteiger partial charge in [0.15, 0.2) is 0 Å². The second kappa shape index (κ2) is 9.58. The van der Waals surface area contributed by atoms with E-state index in [-0.39, 0.29) is 17.9 Å². The molecule has 4 rings (SSSR count). The number of nitrogens with zero attached hydrogens (tertiary/aromatic N) is 3. The first-order chi connectivity index (χ1) is 14.6. The minimum atomic E-state index is -0.388. The van der Waals surface area contributed by atoms with Crippen LogP contribution in [0.5, 0.6) is 0 Å². The molecular weight excluding hydrogens is 418 g/mol. The van der Waals surface area contributed by atoms with Crippen molar-refractivity contribution in [1.29, 1.82) is 0 Å². The second-order valence-electron chi connectivity index (χ2n) is 7.36. The van der Waals surface area contributed by atoms with Crippen LogP contribution in [0, 0.1) is 0 Å². The molecule has 2 aromatic rings. The van der Waals surface area contributed by atoms with Crippen LogP contribution >= 0.6 is 23.4 Å². The van der Waals surface area contributed by atoms with Gasteiger partial charge in [0.2, 0.25) is 11.8 Å². The topological polar surface area (TPSA) is 43.9 Å². The molecule has 0 radical (unpaired) electrons. The van der Waals surface area contributed by atoms with Crippen LogP contribution in [0.15, 0.2) is 60.7 Å². The van der Waals surface area contributed by atoms with Crippen molar-refractivity contribution in [3.05, 3.63) is 71.3 Å². The van der Waals surface area contributed by atoms with E-state index in [4.69, 9.17) is 11.6 Å². The van der Waals surface area contributed by atoms with E-state index in [1.54, 1.807) is 28.8 Å². The van der Waals surface area contributed by atoms with Gasteiger partial charge in [0, 0.05) is 48.7 Å². The van der Waals surface area contributed by atoms with Crippen LogP contribution in [0.25, 0.3) is 6.08 Å². The van der Waals surface area contributed by atoms with Gasteiger partial charge in [-0.2, -0.15) is 0 Å². The molecule has 5 nitrogen and oxygen atoms in total. The van der Waals surface area contributed by atoms with Crippen LogP contribution in [-0.4, -0.2) is 65.5 Å². The molecule has 2 aromatic carbocycles. The minimum Gasteiger partial charge on any atom is -0.368 e. The summed E-state index contributed by atoms with van der Waals surface area (Å²) in [5.74, 6) is 1.14. The zero-order chi connectivity index (χ0) is 20.9. The Kier molecular flexibility index (Phi) is 6.65. The predicted molar refractivity (Wildman–Crippen MR) is 124 cm³/mol. The number of halogens is 1. The highest BCUT2D eigenvalue weighted by atomic mass is 35.5. The summed E-state index contributed by atoms with van der Waals surface area (Å²) in [4.78, 5) is 31.7. The van der Waals surface area contributed by atoms with Crippen molar-refractivity contribution in [2.45, 2.75) is 6.04 Å². The van der Waals surface area contributed by atoms with E-state index in [1.165, 1.54) is 0 Å². The Bertz CT molecular complexity index is 929. The average Bonchev–Trinajstić information content (AvgIpc) is 3.28. The summed E-state index contributed by atoms with van der Waals surface area (Å²) in [5.41, 5.74) is 2.05. The summed E-state index contributed by atoms with van der Waals surface area (Å²) in [6, 6.07) is 17.1. The lowest BCUT2D eigenvalue weighted by Gasteiger charge is -2.38. The number of benzene rings is 2. The third-order valence-corrected chi connectivity index (χ3v) is 6.68.